The number of rotatable bonds is 14. The molecule has 0 saturated carbocycles. The number of aromatic hydroxyl groups is 1. The van der Waals surface area contributed by atoms with Crippen molar-refractivity contribution in [3.8, 4) is 5.75 Å². The van der Waals surface area contributed by atoms with Gasteiger partial charge in [0.25, 0.3) is 0 Å². The highest BCUT2D eigenvalue weighted by atomic mass is 32.1. The summed E-state index contributed by atoms with van der Waals surface area (Å²) < 4.78 is 0. The number of benzene rings is 1. The molecule has 1 rings (SSSR count). The van der Waals surface area contributed by atoms with Crippen LogP contribution in [0.4, 0.5) is 0 Å². The molecule has 0 aliphatic heterocycles. The number of aliphatic imine (C=N–C) groups is 1. The highest BCUT2D eigenvalue weighted by Crippen LogP contribution is 2.12. The highest BCUT2D eigenvalue weighted by Gasteiger charge is 2.29. The van der Waals surface area contributed by atoms with E-state index in [2.05, 4.69) is 33.6 Å². The van der Waals surface area contributed by atoms with Gasteiger partial charge in [0.15, 0.2) is 5.96 Å². The molecule has 0 fully saturated rings. The second-order valence-electron chi connectivity index (χ2n) is 7.80. The number of carboxylic acids is 1. The molecule has 11 N–H and O–H groups in total. The number of carbonyl (C=O) groups excluding carboxylic acids is 3. The number of carbonyl (C=O) groups is 4. The van der Waals surface area contributed by atoms with E-state index in [-0.39, 0.29) is 30.3 Å². The number of aliphatic carboxylic acids is 1. The molecule has 0 aliphatic rings. The maximum Gasteiger partial charge on any atom is 0.325 e. The largest absolute Gasteiger partial charge is 0.508 e. The van der Waals surface area contributed by atoms with Gasteiger partial charge in [-0.2, -0.15) is 12.6 Å². The van der Waals surface area contributed by atoms with E-state index in [1.165, 1.54) is 19.1 Å². The summed E-state index contributed by atoms with van der Waals surface area (Å²) in [7, 11) is 0. The Morgan fingerprint density at radius 2 is 1.57 bits per heavy atom. The Kier molecular flexibility index (Phi) is 12.4. The van der Waals surface area contributed by atoms with Crippen molar-refractivity contribution in [3.05, 3.63) is 29.8 Å². The van der Waals surface area contributed by atoms with Crippen LogP contribution in [0.3, 0.4) is 0 Å². The number of nitrogens with two attached hydrogens (primary N) is 3. The SMILES string of the molecule is CC(NC(=O)C(Cc1ccc(O)cc1)NC(=O)C(CS)NC(=O)C(N)CCCN=C(N)N)C(=O)O. The summed E-state index contributed by atoms with van der Waals surface area (Å²) in [5.41, 5.74) is 16.9. The van der Waals surface area contributed by atoms with Crippen LogP contribution in [0.1, 0.15) is 25.3 Å². The lowest BCUT2D eigenvalue weighted by Crippen LogP contribution is -2.58. The average Bonchev–Trinajstić information content (AvgIpc) is 2.80. The second kappa shape index (κ2) is 14.7. The molecule has 3 amide bonds. The number of hydrogen-bond acceptors (Lipinski definition) is 8. The zero-order valence-corrected chi connectivity index (χ0v) is 20.2. The van der Waals surface area contributed by atoms with Gasteiger partial charge in [-0.1, -0.05) is 12.1 Å². The lowest BCUT2D eigenvalue weighted by molar-refractivity contribution is -0.141. The first kappa shape index (κ1) is 29.5. The summed E-state index contributed by atoms with van der Waals surface area (Å²) in [6, 6.07) is 1.55. The standard InChI is InChI=1S/C21H33N7O6S/c1-11(20(33)34)26-18(31)15(9-12-4-6-13(29)7-5-12)27-19(32)16(10-35)28-17(30)14(22)3-2-8-25-21(23)24/h4-7,11,14-16,29,35H,2-3,8-10,22H2,1H3,(H,26,31)(H,27,32)(H,28,30)(H,33,34)(H4,23,24,25). The molecular weight excluding hydrogens is 478 g/mol. The van der Waals surface area contributed by atoms with Crippen LogP contribution in [0.2, 0.25) is 0 Å². The van der Waals surface area contributed by atoms with E-state index < -0.39 is 47.9 Å². The van der Waals surface area contributed by atoms with E-state index in [0.717, 1.165) is 0 Å². The van der Waals surface area contributed by atoms with E-state index in [4.69, 9.17) is 22.3 Å². The minimum Gasteiger partial charge on any atom is -0.508 e. The molecule has 0 aliphatic carbocycles. The van der Waals surface area contributed by atoms with Crippen molar-refractivity contribution in [2.75, 3.05) is 12.3 Å². The maximum absolute atomic E-state index is 12.8. The van der Waals surface area contributed by atoms with Crippen LogP contribution >= 0.6 is 12.6 Å². The molecule has 194 valence electrons. The van der Waals surface area contributed by atoms with Crippen LogP contribution in [0, 0.1) is 0 Å². The summed E-state index contributed by atoms with van der Waals surface area (Å²) in [6.45, 7) is 1.58. The first-order chi connectivity index (χ1) is 16.4. The Balaban J connectivity index is 2.86. The Morgan fingerprint density at radius 1 is 1.00 bits per heavy atom. The minimum atomic E-state index is -1.25. The van der Waals surface area contributed by atoms with Crippen molar-refractivity contribution < 1.29 is 29.4 Å². The van der Waals surface area contributed by atoms with Gasteiger partial charge in [-0.15, -0.1) is 0 Å². The molecule has 4 atom stereocenters. The number of nitrogens with one attached hydrogen (secondary N) is 3. The smallest absolute Gasteiger partial charge is 0.325 e. The number of phenols is 1. The van der Waals surface area contributed by atoms with Gasteiger partial charge < -0.3 is 43.4 Å². The highest BCUT2D eigenvalue weighted by molar-refractivity contribution is 7.80. The number of phenolic OH excluding ortho intramolecular Hbond substituents is 1. The Bertz CT molecular complexity index is 908. The maximum atomic E-state index is 12.8. The molecule has 13 nitrogen and oxygen atoms in total. The van der Waals surface area contributed by atoms with Crippen molar-refractivity contribution in [1.82, 2.24) is 16.0 Å². The van der Waals surface area contributed by atoms with Gasteiger partial charge in [-0.25, -0.2) is 0 Å². The van der Waals surface area contributed by atoms with Crippen molar-refractivity contribution in [2.45, 2.75) is 50.4 Å². The van der Waals surface area contributed by atoms with Crippen molar-refractivity contribution in [2.24, 2.45) is 22.2 Å². The summed E-state index contributed by atoms with van der Waals surface area (Å²) in [5.74, 6) is -3.42. The van der Waals surface area contributed by atoms with Gasteiger partial charge in [0.05, 0.1) is 6.04 Å². The average molecular weight is 512 g/mol. The number of amides is 3. The lowest BCUT2D eigenvalue weighted by atomic mass is 10.0. The van der Waals surface area contributed by atoms with E-state index in [1.54, 1.807) is 12.1 Å². The predicted molar refractivity (Wildman–Crippen MR) is 133 cm³/mol. The summed E-state index contributed by atoms with van der Waals surface area (Å²) >= 11 is 4.11. The lowest BCUT2D eigenvalue weighted by Gasteiger charge is -2.24. The van der Waals surface area contributed by atoms with E-state index >= 15 is 0 Å². The van der Waals surface area contributed by atoms with Gasteiger partial charge in [0.2, 0.25) is 17.7 Å². The molecule has 1 aromatic carbocycles. The van der Waals surface area contributed by atoms with E-state index in [1.807, 2.05) is 0 Å². The quantitative estimate of drug-likeness (QED) is 0.0569. The zero-order valence-electron chi connectivity index (χ0n) is 19.3. The summed E-state index contributed by atoms with van der Waals surface area (Å²) in [4.78, 5) is 52.9. The molecule has 0 bridgehead atoms. The fourth-order valence-electron chi connectivity index (χ4n) is 2.85. The van der Waals surface area contributed by atoms with Gasteiger partial charge in [0.1, 0.15) is 23.9 Å². The molecule has 0 heterocycles. The Hall–Kier alpha value is -3.52. The van der Waals surface area contributed by atoms with Crippen LogP contribution in [0.5, 0.6) is 5.75 Å². The third-order valence-electron chi connectivity index (χ3n) is 4.86. The zero-order chi connectivity index (χ0) is 26.5. The topological polar surface area (TPSA) is 235 Å². The number of hydrogen-bond donors (Lipinski definition) is 9. The van der Waals surface area contributed by atoms with Crippen molar-refractivity contribution >= 4 is 42.3 Å². The Morgan fingerprint density at radius 3 is 2.11 bits per heavy atom. The molecule has 4 unspecified atom stereocenters. The second-order valence-corrected chi connectivity index (χ2v) is 8.16. The molecule has 0 aromatic heterocycles. The van der Waals surface area contributed by atoms with Gasteiger partial charge >= 0.3 is 5.97 Å². The molecule has 0 saturated heterocycles. The molecule has 14 heteroatoms. The van der Waals surface area contributed by atoms with Gasteiger partial charge in [-0.05, 0) is 37.5 Å². The van der Waals surface area contributed by atoms with Crippen LogP contribution in [-0.4, -0.2) is 76.3 Å². The predicted octanol–water partition coefficient (Wildman–Crippen LogP) is -2.20. The van der Waals surface area contributed by atoms with E-state index in [0.29, 0.717) is 18.5 Å². The summed E-state index contributed by atoms with van der Waals surface area (Å²) in [5, 5.41) is 25.9. The fourth-order valence-corrected chi connectivity index (χ4v) is 3.11. The monoisotopic (exact) mass is 511 g/mol. The van der Waals surface area contributed by atoms with Gasteiger partial charge in [0, 0.05) is 18.7 Å². The fraction of sp³-hybridized carbons (Fsp3) is 0.476. The number of thiol groups is 1. The Labute approximate surface area is 208 Å². The molecule has 1 aromatic rings. The van der Waals surface area contributed by atoms with Crippen LogP contribution in [0.25, 0.3) is 0 Å². The third kappa shape index (κ3) is 11.0. The van der Waals surface area contributed by atoms with Crippen molar-refractivity contribution in [3.63, 3.8) is 0 Å². The van der Waals surface area contributed by atoms with Crippen LogP contribution < -0.4 is 33.2 Å². The van der Waals surface area contributed by atoms with Crippen LogP contribution in [0.15, 0.2) is 29.3 Å². The summed E-state index contributed by atoms with van der Waals surface area (Å²) in [6.07, 6.45) is 0.713. The molecule has 0 radical (unpaired) electrons. The first-order valence-corrected chi connectivity index (χ1v) is 11.4. The minimum absolute atomic E-state index is 0.00172. The number of guanidine groups is 1. The van der Waals surface area contributed by atoms with Gasteiger partial charge in [-0.3, -0.25) is 24.2 Å². The number of carboxylic acid groups (broad SMARTS) is 1. The molecule has 0 spiro atoms. The van der Waals surface area contributed by atoms with E-state index in [9.17, 15) is 24.3 Å². The molecule has 35 heavy (non-hydrogen) atoms. The molecular formula is C21H33N7O6S. The van der Waals surface area contributed by atoms with Crippen LogP contribution in [-0.2, 0) is 25.6 Å². The first-order valence-electron chi connectivity index (χ1n) is 10.8. The third-order valence-corrected chi connectivity index (χ3v) is 5.22. The number of nitrogens with zero attached hydrogens (tertiary/aromatic N) is 1. The van der Waals surface area contributed by atoms with Crippen molar-refractivity contribution in [1.29, 1.82) is 0 Å². The normalized spacial score (nSPS) is 14.0.